The van der Waals surface area contributed by atoms with Gasteiger partial charge in [-0.3, -0.25) is 4.79 Å². The highest BCUT2D eigenvalue weighted by molar-refractivity contribution is 7.94. The van der Waals surface area contributed by atoms with Gasteiger partial charge in [-0.2, -0.15) is 0 Å². The summed E-state index contributed by atoms with van der Waals surface area (Å²) in [5, 5.41) is 14.1. The van der Waals surface area contributed by atoms with Crippen LogP contribution in [0.3, 0.4) is 0 Å². The van der Waals surface area contributed by atoms with Crippen molar-refractivity contribution in [1.82, 2.24) is 5.32 Å². The molecule has 0 spiro atoms. The van der Waals surface area contributed by atoms with E-state index >= 15 is 0 Å². The van der Waals surface area contributed by atoms with Crippen molar-refractivity contribution in [3.63, 3.8) is 0 Å². The van der Waals surface area contributed by atoms with Crippen molar-refractivity contribution >= 4 is 17.9 Å². The summed E-state index contributed by atoms with van der Waals surface area (Å²) in [6.07, 6.45) is 0.450. The molecule has 5 nitrogen and oxygen atoms in total. The van der Waals surface area contributed by atoms with Gasteiger partial charge in [0.25, 0.3) is 0 Å². The third-order valence-corrected chi connectivity index (χ3v) is 2.29. The van der Waals surface area contributed by atoms with E-state index in [0.717, 1.165) is 12.0 Å². The Labute approximate surface area is 81.9 Å². The van der Waals surface area contributed by atoms with Crippen LogP contribution in [-0.2, 0) is 14.2 Å². The highest BCUT2D eigenvalue weighted by atomic mass is 32.2. The number of carbonyl (C=O) groups excluding carboxylic acids is 1. The van der Waals surface area contributed by atoms with Gasteiger partial charge in [-0.05, 0) is 13.8 Å². The molecule has 0 aliphatic heterocycles. The molecule has 0 heterocycles. The minimum Gasteiger partial charge on any atom is -0.350 e. The maximum atomic E-state index is 11.0. The monoisotopic (exact) mass is 209 g/mol. The number of carbonyl (C=O) groups is 1. The minimum absolute atomic E-state index is 0.0180. The lowest BCUT2D eigenvalue weighted by atomic mass is 10.1. The molecule has 6 heteroatoms. The van der Waals surface area contributed by atoms with Crippen LogP contribution in [0.15, 0.2) is 0 Å². The fraction of sp³-hybridized carbons (Fsp3) is 0.857. The Morgan fingerprint density at radius 1 is 1.62 bits per heavy atom. The van der Waals surface area contributed by atoms with Crippen LogP contribution in [0, 0.1) is 0 Å². The van der Waals surface area contributed by atoms with Crippen molar-refractivity contribution in [3.8, 4) is 0 Å². The standard InChI is InChI=1S/C7H15NO4S/c1-4-6(9)8-7(2,3)5-13-12-11-10/h10H,4-5H2,1-3H3,(H,8,9). The van der Waals surface area contributed by atoms with Gasteiger partial charge in [-0.15, -0.1) is 4.33 Å². The van der Waals surface area contributed by atoms with E-state index in [1.165, 1.54) is 0 Å². The Balaban J connectivity index is 3.72. The molecule has 2 N–H and O–H groups in total. The summed E-state index contributed by atoms with van der Waals surface area (Å²) in [5.74, 6) is 0.467. The van der Waals surface area contributed by atoms with Crippen LogP contribution < -0.4 is 5.32 Å². The van der Waals surface area contributed by atoms with Gasteiger partial charge in [0, 0.05) is 29.8 Å². The number of nitrogens with one attached hydrogen (secondary N) is 1. The average Bonchev–Trinajstić information content (AvgIpc) is 2.03. The normalized spacial score (nSPS) is 11.4. The fourth-order valence-corrected chi connectivity index (χ4v) is 1.15. The molecule has 0 rings (SSSR count). The maximum Gasteiger partial charge on any atom is 0.220 e. The fourth-order valence-electron chi connectivity index (χ4n) is 0.695. The first-order valence-corrected chi connectivity index (χ1v) is 4.83. The Hall–Kier alpha value is -0.300. The molecule has 0 bridgehead atoms. The van der Waals surface area contributed by atoms with Gasteiger partial charge >= 0.3 is 0 Å². The van der Waals surface area contributed by atoms with Gasteiger partial charge in [0.1, 0.15) is 0 Å². The molecule has 0 aromatic rings. The van der Waals surface area contributed by atoms with Crippen molar-refractivity contribution in [2.45, 2.75) is 32.7 Å². The second-order valence-electron chi connectivity index (χ2n) is 3.19. The first kappa shape index (κ1) is 12.7. The molecule has 0 aliphatic rings. The molecule has 0 atom stereocenters. The topological polar surface area (TPSA) is 67.8 Å². The third-order valence-electron chi connectivity index (χ3n) is 1.30. The first-order valence-electron chi connectivity index (χ1n) is 3.92. The molecule has 0 fully saturated rings. The van der Waals surface area contributed by atoms with Crippen molar-refractivity contribution < 1.29 is 19.4 Å². The van der Waals surface area contributed by atoms with E-state index in [9.17, 15) is 4.79 Å². The number of hydrogen-bond acceptors (Lipinski definition) is 5. The second-order valence-corrected chi connectivity index (χ2v) is 3.85. The molecule has 0 aliphatic carbocycles. The summed E-state index contributed by atoms with van der Waals surface area (Å²) in [4.78, 5) is 11.0. The highest BCUT2D eigenvalue weighted by Crippen LogP contribution is 2.13. The van der Waals surface area contributed by atoms with Crippen molar-refractivity contribution in [2.75, 3.05) is 5.75 Å². The van der Waals surface area contributed by atoms with Crippen molar-refractivity contribution in [1.29, 1.82) is 0 Å². The summed E-state index contributed by atoms with van der Waals surface area (Å²) in [6.45, 7) is 5.49. The summed E-state index contributed by atoms with van der Waals surface area (Å²) in [6, 6.07) is 0. The van der Waals surface area contributed by atoms with E-state index < -0.39 is 0 Å². The van der Waals surface area contributed by atoms with Crippen LogP contribution >= 0.6 is 12.0 Å². The van der Waals surface area contributed by atoms with Crippen LogP contribution in [0.5, 0.6) is 0 Å². The maximum absolute atomic E-state index is 11.0. The van der Waals surface area contributed by atoms with Gasteiger partial charge in [0.2, 0.25) is 5.91 Å². The zero-order chi connectivity index (χ0) is 10.3. The molecule has 78 valence electrons. The predicted molar refractivity (Wildman–Crippen MR) is 49.8 cm³/mol. The smallest absolute Gasteiger partial charge is 0.220 e. The van der Waals surface area contributed by atoms with E-state index in [4.69, 9.17) is 5.26 Å². The molecule has 0 unspecified atom stereocenters. The van der Waals surface area contributed by atoms with Crippen LogP contribution in [0.2, 0.25) is 0 Å². The van der Waals surface area contributed by atoms with Crippen LogP contribution in [-0.4, -0.2) is 22.5 Å². The molecule has 0 saturated heterocycles. The number of rotatable bonds is 6. The Kier molecular flexibility index (Phi) is 6.06. The largest absolute Gasteiger partial charge is 0.350 e. The van der Waals surface area contributed by atoms with Gasteiger partial charge < -0.3 is 5.32 Å². The van der Waals surface area contributed by atoms with E-state index in [-0.39, 0.29) is 11.4 Å². The molecule has 0 aromatic heterocycles. The van der Waals surface area contributed by atoms with E-state index in [1.54, 1.807) is 6.92 Å². The number of hydrogen-bond donors (Lipinski definition) is 2. The third kappa shape index (κ3) is 6.83. The molecule has 13 heavy (non-hydrogen) atoms. The lowest BCUT2D eigenvalue weighted by Gasteiger charge is -2.24. The Bertz CT molecular complexity index is 163. The zero-order valence-corrected chi connectivity index (χ0v) is 8.81. The van der Waals surface area contributed by atoms with E-state index in [1.807, 2.05) is 13.8 Å². The van der Waals surface area contributed by atoms with Crippen LogP contribution in [0.25, 0.3) is 0 Å². The lowest BCUT2D eigenvalue weighted by molar-refractivity contribution is -0.432. The minimum atomic E-state index is -0.379. The lowest BCUT2D eigenvalue weighted by Crippen LogP contribution is -2.45. The van der Waals surface area contributed by atoms with Gasteiger partial charge in [0.15, 0.2) is 0 Å². The van der Waals surface area contributed by atoms with Gasteiger partial charge in [0.05, 0.1) is 0 Å². The summed E-state index contributed by atoms with van der Waals surface area (Å²) in [5.41, 5.74) is -0.379. The Morgan fingerprint density at radius 2 is 2.23 bits per heavy atom. The summed E-state index contributed by atoms with van der Waals surface area (Å²) < 4.78 is 4.21. The molecular weight excluding hydrogens is 194 g/mol. The van der Waals surface area contributed by atoms with E-state index in [2.05, 4.69) is 14.7 Å². The van der Waals surface area contributed by atoms with Crippen LogP contribution in [0.1, 0.15) is 27.2 Å². The summed E-state index contributed by atoms with van der Waals surface area (Å²) >= 11 is 0.926. The Morgan fingerprint density at radius 3 is 2.69 bits per heavy atom. The van der Waals surface area contributed by atoms with Crippen molar-refractivity contribution in [2.24, 2.45) is 0 Å². The number of amides is 1. The SMILES string of the molecule is CCC(=O)NC(C)(C)CSOOO. The van der Waals surface area contributed by atoms with Crippen molar-refractivity contribution in [3.05, 3.63) is 0 Å². The second kappa shape index (κ2) is 6.20. The highest BCUT2D eigenvalue weighted by Gasteiger charge is 2.20. The zero-order valence-electron chi connectivity index (χ0n) is 7.99. The molecule has 1 amide bonds. The van der Waals surface area contributed by atoms with Crippen LogP contribution in [0.4, 0.5) is 0 Å². The predicted octanol–water partition coefficient (Wildman–Crippen LogP) is 1.36. The van der Waals surface area contributed by atoms with E-state index in [0.29, 0.717) is 12.2 Å². The first-order chi connectivity index (χ1) is 6.02. The van der Waals surface area contributed by atoms with Gasteiger partial charge in [-0.25, -0.2) is 5.26 Å². The summed E-state index contributed by atoms with van der Waals surface area (Å²) in [7, 11) is 0. The molecule has 0 radical (unpaired) electrons. The molecular formula is C7H15NO4S. The average molecular weight is 209 g/mol. The molecule has 0 aromatic carbocycles. The quantitative estimate of drug-likeness (QED) is 0.299. The van der Waals surface area contributed by atoms with Gasteiger partial charge in [-0.1, -0.05) is 12.0 Å². The molecule has 0 saturated carbocycles.